The Morgan fingerprint density at radius 1 is 1.50 bits per heavy atom. The minimum atomic E-state index is -0.100. The molecule has 0 saturated heterocycles. The van der Waals surface area contributed by atoms with Crippen molar-refractivity contribution < 1.29 is 4.74 Å². The Kier molecular flexibility index (Phi) is 2.51. The molecule has 1 unspecified atom stereocenters. The fourth-order valence-electron chi connectivity index (χ4n) is 1.40. The first-order valence-corrected chi connectivity index (χ1v) is 5.63. The second-order valence-corrected chi connectivity index (χ2v) is 6.04. The summed E-state index contributed by atoms with van der Waals surface area (Å²) in [5.74, 6) is 0.769. The van der Waals surface area contributed by atoms with Crippen LogP contribution in [0.4, 0.5) is 0 Å². The first-order valence-electron chi connectivity index (χ1n) is 4.55. The Bertz CT molecular complexity index is 385. The van der Waals surface area contributed by atoms with Crippen LogP contribution in [0, 0.1) is 6.92 Å². The van der Waals surface area contributed by atoms with Crippen molar-refractivity contribution in [3.8, 4) is 0 Å². The highest BCUT2D eigenvalue weighted by Gasteiger charge is 2.28. The summed E-state index contributed by atoms with van der Waals surface area (Å²) in [6, 6.07) is 8.22. The minimum absolute atomic E-state index is 0.100. The van der Waals surface area contributed by atoms with Gasteiger partial charge in [-0.1, -0.05) is 17.7 Å². The van der Waals surface area contributed by atoms with Gasteiger partial charge in [0, 0.05) is 5.56 Å². The van der Waals surface area contributed by atoms with Gasteiger partial charge in [0.05, 0.1) is 0 Å². The summed E-state index contributed by atoms with van der Waals surface area (Å²) in [7, 11) is 0. The average molecular weight is 301 g/mol. The fraction of sp³-hybridized carbons (Fsp3) is 0.364. The summed E-state index contributed by atoms with van der Waals surface area (Å²) in [4.78, 5) is 4.51. The first-order chi connectivity index (χ1) is 6.57. The van der Waals surface area contributed by atoms with Crippen LogP contribution >= 0.6 is 22.6 Å². The van der Waals surface area contributed by atoms with E-state index in [1.165, 1.54) is 5.56 Å². The Hall–Kier alpha value is -0.580. The van der Waals surface area contributed by atoms with Crippen LogP contribution in [0.1, 0.15) is 18.1 Å². The van der Waals surface area contributed by atoms with E-state index in [1.807, 2.05) is 12.1 Å². The Labute approximate surface area is 97.5 Å². The number of rotatable bonds is 1. The molecule has 0 N–H and O–H groups in total. The van der Waals surface area contributed by atoms with Gasteiger partial charge in [0.2, 0.25) is 5.90 Å². The lowest BCUT2D eigenvalue weighted by atomic mass is 10.1. The molecule has 1 aliphatic rings. The van der Waals surface area contributed by atoms with Gasteiger partial charge in [-0.3, -0.25) is 0 Å². The lowest BCUT2D eigenvalue weighted by Gasteiger charge is -2.05. The number of halogens is 1. The molecule has 0 fully saturated rings. The Morgan fingerprint density at radius 2 is 2.29 bits per heavy atom. The summed E-state index contributed by atoms with van der Waals surface area (Å²) in [5, 5.41) is 0. The van der Waals surface area contributed by atoms with E-state index in [0.29, 0.717) is 6.61 Å². The number of nitrogens with zero attached hydrogens (tertiary/aromatic N) is 1. The summed E-state index contributed by atoms with van der Waals surface area (Å²) < 4.78 is 5.45. The van der Waals surface area contributed by atoms with Crippen LogP contribution in [0.2, 0.25) is 0 Å². The second-order valence-electron chi connectivity index (χ2n) is 3.72. The molecule has 0 aliphatic carbocycles. The van der Waals surface area contributed by atoms with Gasteiger partial charge in [0.25, 0.3) is 0 Å². The molecule has 2 nitrogen and oxygen atoms in total. The van der Waals surface area contributed by atoms with Crippen molar-refractivity contribution >= 4 is 28.5 Å². The predicted octanol–water partition coefficient (Wildman–Crippen LogP) is 2.92. The van der Waals surface area contributed by atoms with E-state index in [9.17, 15) is 0 Å². The maximum atomic E-state index is 5.55. The van der Waals surface area contributed by atoms with E-state index in [1.54, 1.807) is 0 Å². The van der Waals surface area contributed by atoms with Crippen LogP contribution in [0.15, 0.2) is 29.3 Å². The normalized spacial score (nSPS) is 25.8. The maximum absolute atomic E-state index is 5.55. The molecule has 1 aliphatic heterocycles. The molecule has 3 heteroatoms. The van der Waals surface area contributed by atoms with E-state index in [-0.39, 0.29) is 3.55 Å². The minimum Gasteiger partial charge on any atom is -0.474 e. The van der Waals surface area contributed by atoms with Crippen LogP contribution in [0.5, 0.6) is 0 Å². The number of hydrogen-bond acceptors (Lipinski definition) is 2. The van der Waals surface area contributed by atoms with Crippen molar-refractivity contribution in [2.24, 2.45) is 4.99 Å². The van der Waals surface area contributed by atoms with Crippen molar-refractivity contribution in [1.29, 1.82) is 0 Å². The highest BCUT2D eigenvalue weighted by Crippen LogP contribution is 2.27. The van der Waals surface area contributed by atoms with Gasteiger partial charge in [-0.2, -0.15) is 0 Å². The predicted molar refractivity (Wildman–Crippen MR) is 66.1 cm³/mol. The molecule has 0 radical (unpaired) electrons. The molecule has 74 valence electrons. The van der Waals surface area contributed by atoms with Gasteiger partial charge in [-0.15, -0.1) is 0 Å². The van der Waals surface area contributed by atoms with E-state index in [2.05, 4.69) is 53.6 Å². The molecule has 0 amide bonds. The monoisotopic (exact) mass is 301 g/mol. The molecule has 0 aromatic heterocycles. The third-order valence-electron chi connectivity index (χ3n) is 2.07. The zero-order valence-corrected chi connectivity index (χ0v) is 10.4. The highest BCUT2D eigenvalue weighted by molar-refractivity contribution is 14.1. The largest absolute Gasteiger partial charge is 0.474 e. The number of ether oxygens (including phenoxy) is 1. The zero-order chi connectivity index (χ0) is 10.2. The molecule has 0 bridgehead atoms. The van der Waals surface area contributed by atoms with Crippen LogP contribution in [-0.4, -0.2) is 16.1 Å². The number of benzene rings is 1. The van der Waals surface area contributed by atoms with Crippen molar-refractivity contribution in [2.45, 2.75) is 17.4 Å². The summed E-state index contributed by atoms with van der Waals surface area (Å²) >= 11 is 2.30. The number of aryl methyl sites for hydroxylation is 1. The second kappa shape index (κ2) is 3.53. The third kappa shape index (κ3) is 2.08. The van der Waals surface area contributed by atoms with Gasteiger partial charge < -0.3 is 4.74 Å². The molecule has 1 aromatic rings. The summed E-state index contributed by atoms with van der Waals surface area (Å²) in [5.41, 5.74) is 2.31. The zero-order valence-electron chi connectivity index (χ0n) is 8.25. The molecular formula is C11H12INO. The lowest BCUT2D eigenvalue weighted by Crippen LogP contribution is -2.12. The highest BCUT2D eigenvalue weighted by atomic mass is 127. The maximum Gasteiger partial charge on any atom is 0.217 e. The van der Waals surface area contributed by atoms with Crippen LogP contribution in [0.3, 0.4) is 0 Å². The van der Waals surface area contributed by atoms with Crippen LogP contribution in [-0.2, 0) is 4.74 Å². The summed E-state index contributed by atoms with van der Waals surface area (Å²) in [6.07, 6.45) is 0. The van der Waals surface area contributed by atoms with Gasteiger partial charge in [0.15, 0.2) is 0 Å². The van der Waals surface area contributed by atoms with Crippen molar-refractivity contribution in [3.05, 3.63) is 35.4 Å². The van der Waals surface area contributed by atoms with Gasteiger partial charge >= 0.3 is 0 Å². The van der Waals surface area contributed by atoms with Crippen LogP contribution < -0.4 is 0 Å². The molecule has 1 heterocycles. The van der Waals surface area contributed by atoms with E-state index < -0.39 is 0 Å². The lowest BCUT2D eigenvalue weighted by molar-refractivity contribution is 0.319. The van der Waals surface area contributed by atoms with Gasteiger partial charge in [0.1, 0.15) is 10.2 Å². The Balaban J connectivity index is 2.33. The Morgan fingerprint density at radius 3 is 2.86 bits per heavy atom. The van der Waals surface area contributed by atoms with Crippen molar-refractivity contribution in [1.82, 2.24) is 0 Å². The topological polar surface area (TPSA) is 21.6 Å². The summed E-state index contributed by atoms with van der Waals surface area (Å²) in [6.45, 7) is 4.80. The van der Waals surface area contributed by atoms with Crippen molar-refractivity contribution in [3.63, 3.8) is 0 Å². The SMILES string of the molecule is Cc1cccc(C2=NC(C)(I)CO2)c1. The fourth-order valence-corrected chi connectivity index (χ4v) is 1.78. The molecule has 14 heavy (non-hydrogen) atoms. The third-order valence-corrected chi connectivity index (χ3v) is 2.62. The van der Waals surface area contributed by atoms with Crippen molar-refractivity contribution in [2.75, 3.05) is 6.61 Å². The number of hydrogen-bond donors (Lipinski definition) is 0. The number of alkyl halides is 1. The van der Waals surface area contributed by atoms with E-state index in [0.717, 1.165) is 11.5 Å². The van der Waals surface area contributed by atoms with E-state index >= 15 is 0 Å². The van der Waals surface area contributed by atoms with Gasteiger partial charge in [-0.05, 0) is 48.6 Å². The number of aliphatic imine (C=N–C) groups is 1. The molecule has 0 saturated carbocycles. The molecular weight excluding hydrogens is 289 g/mol. The molecule has 0 spiro atoms. The average Bonchev–Trinajstić information content (AvgIpc) is 2.46. The van der Waals surface area contributed by atoms with Crippen LogP contribution in [0.25, 0.3) is 0 Å². The van der Waals surface area contributed by atoms with E-state index in [4.69, 9.17) is 4.74 Å². The molecule has 1 aromatic carbocycles. The molecule has 1 atom stereocenters. The van der Waals surface area contributed by atoms with Gasteiger partial charge in [-0.25, -0.2) is 4.99 Å². The smallest absolute Gasteiger partial charge is 0.217 e. The standard InChI is InChI=1S/C11H12INO/c1-8-4-3-5-9(6-8)10-13-11(2,12)7-14-10/h3-6H,7H2,1-2H3. The quantitative estimate of drug-likeness (QED) is 0.444. The molecule has 2 rings (SSSR count). The first kappa shape index (κ1) is 9.96.